The lowest BCUT2D eigenvalue weighted by Gasteiger charge is -2.31. The fraction of sp³-hybridized carbons (Fsp3) is 0.333. The summed E-state index contributed by atoms with van der Waals surface area (Å²) in [5.41, 5.74) is 0.617. The monoisotopic (exact) mass is 337 g/mol. The number of halogens is 1. The average molecular weight is 337 g/mol. The molecular weight excluding hydrogens is 321 g/mol. The van der Waals surface area contributed by atoms with Crippen LogP contribution in [0.5, 0.6) is 0 Å². The van der Waals surface area contributed by atoms with Gasteiger partial charge in [0.15, 0.2) is 0 Å². The van der Waals surface area contributed by atoms with Gasteiger partial charge < -0.3 is 4.74 Å². The molecule has 0 radical (unpaired) electrons. The molecule has 0 saturated carbocycles. The highest BCUT2D eigenvalue weighted by molar-refractivity contribution is 7.89. The Bertz CT molecular complexity index is 813. The number of hydrogen-bond acceptors (Lipinski definition) is 5. The quantitative estimate of drug-likeness (QED) is 0.852. The van der Waals surface area contributed by atoms with Crippen LogP contribution in [0.4, 0.5) is 4.39 Å². The molecule has 122 valence electrons. The van der Waals surface area contributed by atoms with Crippen molar-refractivity contribution in [2.75, 3.05) is 19.7 Å². The molecule has 0 unspecified atom stereocenters. The molecule has 6 nitrogen and oxygen atoms in total. The number of nitrogens with zero attached hydrogens (tertiary/aromatic N) is 3. The van der Waals surface area contributed by atoms with Gasteiger partial charge >= 0.3 is 0 Å². The summed E-state index contributed by atoms with van der Waals surface area (Å²) < 4.78 is 46.0. The fourth-order valence-electron chi connectivity index (χ4n) is 2.47. The Morgan fingerprint density at radius 1 is 1.30 bits per heavy atom. The number of hydrogen-bond donors (Lipinski definition) is 0. The number of rotatable bonds is 3. The molecular formula is C15H16FN3O3S. The summed E-state index contributed by atoms with van der Waals surface area (Å²) in [4.78, 5) is 7.97. The van der Waals surface area contributed by atoms with Crippen LogP contribution in [0.3, 0.4) is 0 Å². The number of morpholine rings is 1. The van der Waals surface area contributed by atoms with Crippen LogP contribution < -0.4 is 0 Å². The van der Waals surface area contributed by atoms with Gasteiger partial charge in [-0.1, -0.05) is 12.1 Å². The lowest BCUT2D eigenvalue weighted by molar-refractivity contribution is -0.00514. The Morgan fingerprint density at radius 3 is 2.83 bits per heavy atom. The minimum absolute atomic E-state index is 0.0904. The van der Waals surface area contributed by atoms with Crippen molar-refractivity contribution >= 4 is 10.0 Å². The van der Waals surface area contributed by atoms with E-state index in [-0.39, 0.29) is 24.6 Å². The molecule has 0 N–H and O–H groups in total. The van der Waals surface area contributed by atoms with Crippen LogP contribution in [0, 0.1) is 12.7 Å². The van der Waals surface area contributed by atoms with Crippen molar-refractivity contribution in [2.45, 2.75) is 17.9 Å². The molecule has 1 saturated heterocycles. The minimum Gasteiger partial charge on any atom is -0.369 e. The van der Waals surface area contributed by atoms with E-state index in [0.29, 0.717) is 11.5 Å². The van der Waals surface area contributed by atoms with Crippen LogP contribution in [0.25, 0.3) is 0 Å². The summed E-state index contributed by atoms with van der Waals surface area (Å²) in [7, 11) is -3.91. The largest absolute Gasteiger partial charge is 0.369 e. The molecule has 3 rings (SSSR count). The van der Waals surface area contributed by atoms with Gasteiger partial charge in [-0.2, -0.15) is 4.31 Å². The molecule has 0 spiro atoms. The molecule has 1 fully saturated rings. The third-order valence-corrected chi connectivity index (χ3v) is 5.51. The maximum absolute atomic E-state index is 13.9. The van der Waals surface area contributed by atoms with Crippen molar-refractivity contribution in [1.82, 2.24) is 14.3 Å². The van der Waals surface area contributed by atoms with Crippen LogP contribution in [0.2, 0.25) is 0 Å². The zero-order valence-electron chi connectivity index (χ0n) is 12.5. The van der Waals surface area contributed by atoms with E-state index in [1.54, 1.807) is 19.2 Å². The minimum atomic E-state index is -3.91. The molecule has 2 heterocycles. The Labute approximate surface area is 134 Å². The molecule has 23 heavy (non-hydrogen) atoms. The van der Waals surface area contributed by atoms with E-state index in [1.807, 2.05) is 0 Å². The molecule has 1 atom stereocenters. The van der Waals surface area contributed by atoms with Crippen LogP contribution in [-0.2, 0) is 14.8 Å². The van der Waals surface area contributed by atoms with Crippen LogP contribution >= 0.6 is 0 Å². The molecule has 2 aromatic rings. The molecule has 0 aliphatic carbocycles. The molecule has 1 aliphatic rings. The molecule has 1 aromatic carbocycles. The van der Waals surface area contributed by atoms with Gasteiger partial charge in [-0.25, -0.2) is 22.8 Å². The second-order valence-electron chi connectivity index (χ2n) is 5.18. The summed E-state index contributed by atoms with van der Waals surface area (Å²) in [6.07, 6.45) is 1.11. The fourth-order valence-corrected chi connectivity index (χ4v) is 3.96. The van der Waals surface area contributed by atoms with Gasteiger partial charge in [0, 0.05) is 19.3 Å². The first-order valence-corrected chi connectivity index (χ1v) is 8.58. The topological polar surface area (TPSA) is 72.4 Å². The molecule has 8 heteroatoms. The van der Waals surface area contributed by atoms with Gasteiger partial charge in [0.1, 0.15) is 22.6 Å². The number of ether oxygens (including phenoxy) is 1. The summed E-state index contributed by atoms with van der Waals surface area (Å²) in [6.45, 7) is 2.24. The molecule has 1 aromatic heterocycles. The summed E-state index contributed by atoms with van der Waals surface area (Å²) in [5, 5.41) is 0. The van der Waals surface area contributed by atoms with Gasteiger partial charge in [0.2, 0.25) is 10.0 Å². The predicted octanol–water partition coefficient (Wildman–Crippen LogP) is 1.69. The van der Waals surface area contributed by atoms with Crippen molar-refractivity contribution in [1.29, 1.82) is 0 Å². The van der Waals surface area contributed by atoms with Gasteiger partial charge in [-0.05, 0) is 25.1 Å². The lowest BCUT2D eigenvalue weighted by Crippen LogP contribution is -2.42. The normalized spacial score (nSPS) is 19.7. The van der Waals surface area contributed by atoms with E-state index >= 15 is 0 Å². The first-order valence-electron chi connectivity index (χ1n) is 7.14. The highest BCUT2D eigenvalue weighted by atomic mass is 32.2. The van der Waals surface area contributed by atoms with Gasteiger partial charge in [-0.3, -0.25) is 0 Å². The van der Waals surface area contributed by atoms with Crippen LogP contribution in [0.1, 0.15) is 17.6 Å². The van der Waals surface area contributed by atoms with Gasteiger partial charge in [0.05, 0.1) is 12.3 Å². The van der Waals surface area contributed by atoms with Crippen LogP contribution in [-0.4, -0.2) is 42.4 Å². The first kappa shape index (κ1) is 16.0. The number of aryl methyl sites for hydroxylation is 1. The Kier molecular flexibility index (Phi) is 4.38. The van der Waals surface area contributed by atoms with E-state index in [2.05, 4.69) is 9.97 Å². The Morgan fingerprint density at radius 2 is 2.09 bits per heavy atom. The Balaban J connectivity index is 1.88. The van der Waals surface area contributed by atoms with Crippen LogP contribution in [0.15, 0.2) is 41.4 Å². The van der Waals surface area contributed by atoms with Gasteiger partial charge in [0.25, 0.3) is 0 Å². The zero-order chi connectivity index (χ0) is 16.4. The number of aromatic nitrogens is 2. The van der Waals surface area contributed by atoms with Crippen molar-refractivity contribution in [3.05, 3.63) is 53.9 Å². The summed E-state index contributed by atoms with van der Waals surface area (Å²) in [6, 6.07) is 7.06. The average Bonchev–Trinajstić information content (AvgIpc) is 2.55. The van der Waals surface area contributed by atoms with Gasteiger partial charge in [-0.15, -0.1) is 0 Å². The van der Waals surface area contributed by atoms with E-state index in [0.717, 1.165) is 6.07 Å². The summed E-state index contributed by atoms with van der Waals surface area (Å²) >= 11 is 0. The number of sulfonamides is 1. The Hall–Kier alpha value is -1.90. The highest BCUT2D eigenvalue weighted by Crippen LogP contribution is 2.26. The highest BCUT2D eigenvalue weighted by Gasteiger charge is 2.33. The van der Waals surface area contributed by atoms with Crippen molar-refractivity contribution in [3.8, 4) is 0 Å². The third kappa shape index (κ3) is 3.24. The number of benzene rings is 1. The molecule has 0 bridgehead atoms. The zero-order valence-corrected chi connectivity index (χ0v) is 13.3. The van der Waals surface area contributed by atoms with E-state index in [9.17, 15) is 12.8 Å². The second kappa shape index (κ2) is 6.31. The van der Waals surface area contributed by atoms with Crippen molar-refractivity contribution in [3.63, 3.8) is 0 Å². The smallest absolute Gasteiger partial charge is 0.246 e. The molecule has 0 amide bonds. The second-order valence-corrected chi connectivity index (χ2v) is 7.09. The van der Waals surface area contributed by atoms with E-state index < -0.39 is 21.9 Å². The standard InChI is InChI=1S/C15H16FN3O3S/c1-11-17-7-6-13(18-11)14-10-19(8-9-22-14)23(20,21)15-5-3-2-4-12(15)16/h2-7,14H,8-10H2,1H3/t14-/m0/s1. The third-order valence-electron chi connectivity index (χ3n) is 3.61. The first-order chi connectivity index (χ1) is 11.0. The molecule has 1 aliphatic heterocycles. The van der Waals surface area contributed by atoms with E-state index in [1.165, 1.54) is 22.5 Å². The lowest BCUT2D eigenvalue weighted by atomic mass is 10.2. The van der Waals surface area contributed by atoms with E-state index in [4.69, 9.17) is 4.74 Å². The van der Waals surface area contributed by atoms with Crippen molar-refractivity contribution in [2.24, 2.45) is 0 Å². The maximum Gasteiger partial charge on any atom is 0.246 e. The maximum atomic E-state index is 13.9. The summed E-state index contributed by atoms with van der Waals surface area (Å²) in [5.74, 6) is -0.173. The van der Waals surface area contributed by atoms with Crippen molar-refractivity contribution < 1.29 is 17.5 Å². The predicted molar refractivity (Wildman–Crippen MR) is 80.6 cm³/mol. The SMILES string of the molecule is Cc1nccc([C@@H]2CN(S(=O)(=O)c3ccccc3F)CCO2)n1.